The minimum atomic E-state index is 0. The molecule has 0 rings (SSSR count). The molecular formula is C2H5HfTa-. The van der Waals surface area contributed by atoms with Crippen LogP contribution in [0.3, 0.4) is 0 Å². The third-order valence-electron chi connectivity index (χ3n) is 0. The molecule has 0 aliphatic carbocycles. The van der Waals surface area contributed by atoms with E-state index in [2.05, 4.69) is 6.92 Å². The normalized spacial score (nSPS) is 1.50. The van der Waals surface area contributed by atoms with Gasteiger partial charge < -0.3 is 6.92 Å². The van der Waals surface area contributed by atoms with E-state index in [-0.39, 0.29) is 48.2 Å². The molecule has 0 aliphatic rings. The minimum absolute atomic E-state index is 0. The Morgan fingerprint density at radius 3 is 1.25 bits per heavy atom. The Bertz CT molecular complexity index is 6.00. The second-order valence-electron chi connectivity index (χ2n) is 0. The van der Waals surface area contributed by atoms with E-state index in [1.165, 1.54) is 0 Å². The van der Waals surface area contributed by atoms with E-state index in [0.29, 0.717) is 0 Å². The zero-order valence-electron chi connectivity index (χ0n) is 2.65. The maximum absolute atomic E-state index is 3.25. The Hall–Kier alpha value is 1.61. The third-order valence-corrected chi connectivity index (χ3v) is 0. The Morgan fingerprint density at radius 1 is 1.25 bits per heavy atom. The molecule has 23 valence electrons. The van der Waals surface area contributed by atoms with Crippen LogP contribution in [0, 0.1) is 6.92 Å². The average Bonchev–Trinajstić information content (AvgIpc) is 1.00. The van der Waals surface area contributed by atoms with Gasteiger partial charge in [-0.15, -0.1) is 0 Å². The first-order chi connectivity index (χ1) is 1.00. The molecule has 0 nitrogen and oxygen atoms in total. The molecule has 0 aromatic carbocycles. The molecule has 0 fully saturated rings. The van der Waals surface area contributed by atoms with Crippen LogP contribution in [0.25, 0.3) is 0 Å². The average molecular weight is 388 g/mol. The summed E-state index contributed by atoms with van der Waals surface area (Å²) in [6.07, 6.45) is 0. The molecule has 2 heteroatoms. The van der Waals surface area contributed by atoms with Crippen molar-refractivity contribution in [2.45, 2.75) is 6.92 Å². The maximum Gasteiger partial charge on any atom is 0 e. The molecule has 0 atom stereocenters. The molecule has 0 aromatic heterocycles. The molecule has 0 aliphatic heterocycles. The third kappa shape index (κ3) is 9.49. The van der Waals surface area contributed by atoms with E-state index < -0.39 is 0 Å². The van der Waals surface area contributed by atoms with Gasteiger partial charge in [0.2, 0.25) is 0 Å². The van der Waals surface area contributed by atoms with Gasteiger partial charge in [0.05, 0.1) is 0 Å². The minimum Gasteiger partial charge on any atom is -0.346 e. The van der Waals surface area contributed by atoms with Gasteiger partial charge in [0.1, 0.15) is 0 Å². The van der Waals surface area contributed by atoms with Gasteiger partial charge in [-0.05, 0) is 0 Å². The Balaban J connectivity index is -0.00000000500. The number of rotatable bonds is 0. The largest absolute Gasteiger partial charge is 0.346 e. The van der Waals surface area contributed by atoms with Crippen LogP contribution >= 0.6 is 0 Å². The van der Waals surface area contributed by atoms with Crippen molar-refractivity contribution in [1.82, 2.24) is 0 Å². The van der Waals surface area contributed by atoms with Crippen LogP contribution < -0.4 is 0 Å². The van der Waals surface area contributed by atoms with Crippen molar-refractivity contribution in [3.05, 3.63) is 6.92 Å². The van der Waals surface area contributed by atoms with Crippen molar-refractivity contribution in [1.29, 1.82) is 0 Å². The van der Waals surface area contributed by atoms with Crippen LogP contribution in [-0.2, 0) is 48.2 Å². The van der Waals surface area contributed by atoms with Gasteiger partial charge in [-0.3, -0.25) is 0 Å². The number of hydrogen-bond acceptors (Lipinski definition) is 0. The Kier molecular flexibility index (Phi) is 101. The van der Waals surface area contributed by atoms with Crippen LogP contribution in [0.2, 0.25) is 0 Å². The van der Waals surface area contributed by atoms with Crippen LogP contribution in [0.4, 0.5) is 0 Å². The molecule has 4 heavy (non-hydrogen) atoms. The van der Waals surface area contributed by atoms with E-state index in [9.17, 15) is 0 Å². The standard InChI is InChI=1S/C2H5.Hf.Ta/c1-2;;/h1H2,2H3;;/q-1;;. The van der Waals surface area contributed by atoms with E-state index in [4.69, 9.17) is 0 Å². The van der Waals surface area contributed by atoms with Crippen molar-refractivity contribution in [3.63, 3.8) is 0 Å². The molecule has 0 unspecified atom stereocenters. The summed E-state index contributed by atoms with van der Waals surface area (Å²) in [4.78, 5) is 0. The van der Waals surface area contributed by atoms with Gasteiger partial charge in [0.15, 0.2) is 0 Å². The first-order valence-electron chi connectivity index (χ1n) is 0.707. The second-order valence-corrected chi connectivity index (χ2v) is 0. The fourth-order valence-electron chi connectivity index (χ4n) is 0. The van der Waals surface area contributed by atoms with Gasteiger partial charge in [0.25, 0.3) is 0 Å². The fraction of sp³-hybridized carbons (Fsp3) is 0.500. The van der Waals surface area contributed by atoms with Crippen molar-refractivity contribution in [3.8, 4) is 0 Å². The Morgan fingerprint density at radius 2 is 1.25 bits per heavy atom. The maximum atomic E-state index is 3.25. The van der Waals surface area contributed by atoms with Crippen molar-refractivity contribution in [2.24, 2.45) is 0 Å². The monoisotopic (exact) mass is 390 g/mol. The van der Waals surface area contributed by atoms with Crippen LogP contribution in [-0.4, -0.2) is 0 Å². The van der Waals surface area contributed by atoms with E-state index in [0.717, 1.165) is 0 Å². The zero-order chi connectivity index (χ0) is 2.00. The summed E-state index contributed by atoms with van der Waals surface area (Å²) < 4.78 is 0. The molecule has 0 amide bonds. The topological polar surface area (TPSA) is 0 Å². The summed E-state index contributed by atoms with van der Waals surface area (Å²) in [5.41, 5.74) is 0. The molecule has 0 bridgehead atoms. The molecule has 0 spiro atoms. The molecule has 0 saturated carbocycles. The summed E-state index contributed by atoms with van der Waals surface area (Å²) in [7, 11) is 0. The van der Waals surface area contributed by atoms with Crippen molar-refractivity contribution in [2.75, 3.05) is 0 Å². The summed E-state index contributed by atoms with van der Waals surface area (Å²) in [6.45, 7) is 5.00. The molecule has 0 aromatic rings. The number of hydrogen-bond donors (Lipinski definition) is 0. The van der Waals surface area contributed by atoms with Gasteiger partial charge in [-0.1, -0.05) is 0 Å². The molecule has 0 saturated heterocycles. The molecule has 1 radical (unpaired) electrons. The predicted molar refractivity (Wildman–Crippen MR) is 11.0 cm³/mol. The van der Waals surface area contributed by atoms with Gasteiger partial charge in [0, 0.05) is 48.2 Å². The summed E-state index contributed by atoms with van der Waals surface area (Å²) in [5, 5.41) is 0. The van der Waals surface area contributed by atoms with E-state index >= 15 is 0 Å². The second kappa shape index (κ2) is 23.2. The molecule has 0 heterocycles. The predicted octanol–water partition coefficient (Wildman–Crippen LogP) is 0.835. The van der Waals surface area contributed by atoms with Gasteiger partial charge in [-0.25, -0.2) is 0 Å². The SMILES string of the molecule is [CH2-]C.[Hf].[Ta]. The van der Waals surface area contributed by atoms with Crippen molar-refractivity contribution < 1.29 is 48.2 Å². The quantitative estimate of drug-likeness (QED) is 0.426. The van der Waals surface area contributed by atoms with Gasteiger partial charge >= 0.3 is 0 Å². The smallest absolute Gasteiger partial charge is 0 e. The van der Waals surface area contributed by atoms with E-state index in [1.54, 1.807) is 6.92 Å². The van der Waals surface area contributed by atoms with Crippen molar-refractivity contribution >= 4 is 0 Å². The van der Waals surface area contributed by atoms with Crippen LogP contribution in [0.1, 0.15) is 6.92 Å². The van der Waals surface area contributed by atoms with Crippen LogP contribution in [0.15, 0.2) is 0 Å². The summed E-state index contributed by atoms with van der Waals surface area (Å²) in [5.74, 6) is 0. The van der Waals surface area contributed by atoms with Gasteiger partial charge in [-0.2, -0.15) is 6.92 Å². The first-order valence-corrected chi connectivity index (χ1v) is 0.707. The van der Waals surface area contributed by atoms with E-state index in [1.807, 2.05) is 0 Å². The fourth-order valence-corrected chi connectivity index (χ4v) is 0. The van der Waals surface area contributed by atoms with Crippen LogP contribution in [0.5, 0.6) is 0 Å². The molecular weight excluding hydrogens is 383 g/mol. The first kappa shape index (κ1) is 17.5. The summed E-state index contributed by atoms with van der Waals surface area (Å²) >= 11 is 0. The molecule has 0 N–H and O–H groups in total. The Labute approximate surface area is 61.6 Å². The zero-order valence-corrected chi connectivity index (χ0v) is 9.46. The summed E-state index contributed by atoms with van der Waals surface area (Å²) in [6, 6.07) is 0.